The minimum absolute atomic E-state index is 0.139. The Morgan fingerprint density at radius 2 is 1.81 bits per heavy atom. The summed E-state index contributed by atoms with van der Waals surface area (Å²) in [5.41, 5.74) is 3.94. The highest BCUT2D eigenvalue weighted by molar-refractivity contribution is 7.99. The average Bonchev–Trinajstić information content (AvgIpc) is 3.38. The Morgan fingerprint density at radius 3 is 2.50 bits per heavy atom. The van der Waals surface area contributed by atoms with Crippen LogP contribution in [0.4, 0.5) is 5.13 Å². The fourth-order valence-electron chi connectivity index (χ4n) is 3.18. The van der Waals surface area contributed by atoms with Gasteiger partial charge in [0, 0.05) is 11.1 Å². The van der Waals surface area contributed by atoms with Gasteiger partial charge in [-0.2, -0.15) is 0 Å². The summed E-state index contributed by atoms with van der Waals surface area (Å²) in [6.45, 7) is 6.20. The number of carbonyl (C=O) groups excluding carboxylic acids is 1. The lowest BCUT2D eigenvalue weighted by molar-refractivity contribution is -0.113. The number of hydrogen-bond acceptors (Lipinski definition) is 7. The van der Waals surface area contributed by atoms with Crippen molar-refractivity contribution in [3.8, 4) is 11.4 Å². The zero-order valence-electron chi connectivity index (χ0n) is 18.0. The molecule has 0 radical (unpaired) electrons. The van der Waals surface area contributed by atoms with Gasteiger partial charge >= 0.3 is 0 Å². The molecule has 0 spiro atoms. The van der Waals surface area contributed by atoms with E-state index in [0.717, 1.165) is 28.3 Å². The molecule has 0 aliphatic rings. The van der Waals surface area contributed by atoms with E-state index in [2.05, 4.69) is 20.5 Å². The molecule has 4 aromatic rings. The van der Waals surface area contributed by atoms with Gasteiger partial charge in [-0.05, 0) is 44.0 Å². The molecule has 1 N–H and O–H groups in total. The van der Waals surface area contributed by atoms with Crippen molar-refractivity contribution in [1.29, 1.82) is 0 Å². The van der Waals surface area contributed by atoms with Gasteiger partial charge in [0.05, 0.1) is 11.4 Å². The van der Waals surface area contributed by atoms with E-state index in [4.69, 9.17) is 4.74 Å². The number of rotatable bonds is 8. The fraction of sp³-hybridized carbons (Fsp3) is 0.217. The van der Waals surface area contributed by atoms with Crippen LogP contribution >= 0.6 is 23.1 Å². The molecule has 0 aliphatic heterocycles. The second-order valence-electron chi connectivity index (χ2n) is 7.21. The fourth-order valence-corrected chi connectivity index (χ4v) is 4.66. The minimum atomic E-state index is -0.139. The van der Waals surface area contributed by atoms with Crippen LogP contribution in [0.3, 0.4) is 0 Å². The van der Waals surface area contributed by atoms with Crippen molar-refractivity contribution < 1.29 is 9.53 Å². The Hall–Kier alpha value is -3.17. The second kappa shape index (κ2) is 9.97. The predicted molar refractivity (Wildman–Crippen MR) is 128 cm³/mol. The Morgan fingerprint density at radius 1 is 1.06 bits per heavy atom. The number of hydrogen-bond donors (Lipinski definition) is 1. The number of anilines is 1. The smallest absolute Gasteiger partial charge is 0.236 e. The van der Waals surface area contributed by atoms with Crippen molar-refractivity contribution >= 4 is 34.1 Å². The van der Waals surface area contributed by atoms with E-state index in [1.165, 1.54) is 23.1 Å². The lowest BCUT2D eigenvalue weighted by Gasteiger charge is -2.13. The number of thiazole rings is 1. The van der Waals surface area contributed by atoms with Crippen LogP contribution in [0.25, 0.3) is 5.69 Å². The first kappa shape index (κ1) is 22.0. The summed E-state index contributed by atoms with van der Waals surface area (Å²) in [5.74, 6) is 1.57. The van der Waals surface area contributed by atoms with Gasteiger partial charge < -0.3 is 10.1 Å². The summed E-state index contributed by atoms with van der Waals surface area (Å²) < 4.78 is 8.05. The summed E-state index contributed by atoms with van der Waals surface area (Å²) in [6, 6.07) is 15.9. The van der Waals surface area contributed by atoms with Crippen LogP contribution in [-0.4, -0.2) is 31.4 Å². The van der Waals surface area contributed by atoms with Gasteiger partial charge in [0.15, 0.2) is 16.1 Å². The quantitative estimate of drug-likeness (QED) is 0.371. The average molecular weight is 466 g/mol. The van der Waals surface area contributed by atoms with Crippen molar-refractivity contribution in [2.24, 2.45) is 0 Å². The number of thioether (sulfide) groups is 1. The zero-order chi connectivity index (χ0) is 22.5. The van der Waals surface area contributed by atoms with Gasteiger partial charge in [0.1, 0.15) is 12.4 Å². The van der Waals surface area contributed by atoms with E-state index in [1.807, 2.05) is 79.2 Å². The maximum absolute atomic E-state index is 12.4. The van der Waals surface area contributed by atoms with Gasteiger partial charge in [0.25, 0.3) is 0 Å². The van der Waals surface area contributed by atoms with Crippen LogP contribution in [-0.2, 0) is 11.4 Å². The van der Waals surface area contributed by atoms with Gasteiger partial charge in [-0.3, -0.25) is 9.36 Å². The third-order valence-electron chi connectivity index (χ3n) is 4.67. The summed E-state index contributed by atoms with van der Waals surface area (Å²) in [7, 11) is 0. The molecule has 164 valence electrons. The van der Waals surface area contributed by atoms with E-state index >= 15 is 0 Å². The Kier molecular flexibility index (Phi) is 6.87. The third-order valence-corrected chi connectivity index (χ3v) is 6.47. The molecule has 0 unspecified atom stereocenters. The van der Waals surface area contributed by atoms with Crippen molar-refractivity contribution in [2.45, 2.75) is 32.5 Å². The Balaban J connectivity index is 1.52. The van der Waals surface area contributed by atoms with Crippen molar-refractivity contribution in [2.75, 3.05) is 11.1 Å². The molecule has 0 saturated carbocycles. The molecule has 4 rings (SSSR count). The molecule has 9 heteroatoms. The SMILES string of the molecule is Cc1csc(NC(=O)CSc2nnc(COc3c(C)cccc3C)n2-c2ccccc2)n1. The molecule has 0 aliphatic carbocycles. The highest BCUT2D eigenvalue weighted by atomic mass is 32.2. The van der Waals surface area contributed by atoms with E-state index < -0.39 is 0 Å². The van der Waals surface area contributed by atoms with Crippen LogP contribution < -0.4 is 10.1 Å². The molecule has 2 aromatic heterocycles. The Bertz CT molecular complexity index is 1200. The van der Waals surface area contributed by atoms with Crippen LogP contribution in [0.15, 0.2) is 59.1 Å². The molecule has 0 fully saturated rings. The number of ether oxygens (including phenoxy) is 1. The lowest BCUT2D eigenvalue weighted by Crippen LogP contribution is -2.14. The second-order valence-corrected chi connectivity index (χ2v) is 9.01. The number of aromatic nitrogens is 4. The highest BCUT2D eigenvalue weighted by Crippen LogP contribution is 2.26. The largest absolute Gasteiger partial charge is 0.485 e. The number of nitrogens with one attached hydrogen (secondary N) is 1. The number of amides is 1. The van der Waals surface area contributed by atoms with Gasteiger partial charge in [-0.25, -0.2) is 4.98 Å². The van der Waals surface area contributed by atoms with Crippen LogP contribution in [0.1, 0.15) is 22.6 Å². The molecule has 32 heavy (non-hydrogen) atoms. The maximum atomic E-state index is 12.4. The molecule has 1 amide bonds. The minimum Gasteiger partial charge on any atom is -0.485 e. The molecule has 0 bridgehead atoms. The first-order valence-electron chi connectivity index (χ1n) is 10.0. The molecule has 0 saturated heterocycles. The standard InChI is InChI=1S/C23H23N5O2S2/c1-15-8-7-9-16(2)21(15)30-12-19-26-27-23(28(19)18-10-5-4-6-11-18)32-14-20(29)25-22-24-17(3)13-31-22/h4-11,13H,12,14H2,1-3H3,(H,24,25,29). The highest BCUT2D eigenvalue weighted by Gasteiger charge is 2.17. The Labute approximate surface area is 194 Å². The number of nitrogens with zero attached hydrogens (tertiary/aromatic N) is 4. The molecule has 2 aromatic carbocycles. The summed E-state index contributed by atoms with van der Waals surface area (Å²) in [6.07, 6.45) is 0. The number of benzene rings is 2. The van der Waals surface area contributed by atoms with Gasteiger partial charge in [-0.15, -0.1) is 21.5 Å². The monoisotopic (exact) mass is 465 g/mol. The van der Waals surface area contributed by atoms with Gasteiger partial charge in [0.2, 0.25) is 5.91 Å². The van der Waals surface area contributed by atoms with E-state index in [-0.39, 0.29) is 18.3 Å². The normalized spacial score (nSPS) is 10.8. The summed E-state index contributed by atoms with van der Waals surface area (Å²) in [5, 5.41) is 14.6. The molecule has 7 nitrogen and oxygen atoms in total. The lowest BCUT2D eigenvalue weighted by atomic mass is 10.1. The number of para-hydroxylation sites is 2. The van der Waals surface area contributed by atoms with Crippen molar-refractivity contribution in [3.05, 3.63) is 76.6 Å². The van der Waals surface area contributed by atoms with Crippen LogP contribution in [0.2, 0.25) is 0 Å². The van der Waals surface area contributed by atoms with E-state index in [0.29, 0.717) is 16.1 Å². The first-order valence-corrected chi connectivity index (χ1v) is 11.9. The van der Waals surface area contributed by atoms with E-state index in [1.54, 1.807) is 0 Å². The van der Waals surface area contributed by atoms with Crippen molar-refractivity contribution in [3.63, 3.8) is 0 Å². The molecule has 2 heterocycles. The summed E-state index contributed by atoms with van der Waals surface area (Å²) in [4.78, 5) is 16.7. The molecule has 0 atom stereocenters. The zero-order valence-corrected chi connectivity index (χ0v) is 19.7. The van der Waals surface area contributed by atoms with Gasteiger partial charge in [-0.1, -0.05) is 48.2 Å². The van der Waals surface area contributed by atoms with Crippen LogP contribution in [0.5, 0.6) is 5.75 Å². The first-order chi connectivity index (χ1) is 15.5. The number of carbonyl (C=O) groups is 1. The third kappa shape index (κ3) is 5.17. The topological polar surface area (TPSA) is 81.9 Å². The number of aryl methyl sites for hydroxylation is 3. The predicted octanol–water partition coefficient (Wildman–Crippen LogP) is 4.96. The summed E-state index contributed by atoms with van der Waals surface area (Å²) >= 11 is 2.73. The van der Waals surface area contributed by atoms with Crippen LogP contribution in [0, 0.1) is 20.8 Å². The van der Waals surface area contributed by atoms with E-state index in [9.17, 15) is 4.79 Å². The molecular formula is C23H23N5O2S2. The van der Waals surface area contributed by atoms with Crippen molar-refractivity contribution in [1.82, 2.24) is 19.7 Å². The molecular weight excluding hydrogens is 442 g/mol. The maximum Gasteiger partial charge on any atom is 0.236 e.